The summed E-state index contributed by atoms with van der Waals surface area (Å²) in [6.07, 6.45) is 0.289. The maximum absolute atomic E-state index is 11.5. The molecule has 0 atom stereocenters. The predicted molar refractivity (Wildman–Crippen MR) is 64.8 cm³/mol. The van der Waals surface area contributed by atoms with Crippen LogP contribution in [0.25, 0.3) is 11.0 Å². The van der Waals surface area contributed by atoms with Gasteiger partial charge in [-0.15, -0.1) is 5.10 Å². The summed E-state index contributed by atoms with van der Waals surface area (Å²) in [6.45, 7) is 4.16. The van der Waals surface area contributed by atoms with E-state index in [9.17, 15) is 4.79 Å². The van der Waals surface area contributed by atoms with E-state index in [1.807, 2.05) is 26.0 Å². The van der Waals surface area contributed by atoms with Gasteiger partial charge in [0, 0.05) is 0 Å². The molecule has 96 valence electrons. The van der Waals surface area contributed by atoms with Crippen molar-refractivity contribution in [2.75, 3.05) is 6.61 Å². The molecule has 0 fully saturated rings. The number of carbonyl (C=O) groups excluding carboxylic acids is 1. The maximum atomic E-state index is 11.5. The van der Waals surface area contributed by atoms with Gasteiger partial charge in [0.2, 0.25) is 0 Å². The van der Waals surface area contributed by atoms with Crippen LogP contribution < -0.4 is 4.84 Å². The quantitative estimate of drug-likeness (QED) is 0.745. The first kappa shape index (κ1) is 12.5. The Hall–Kier alpha value is -1.95. The van der Waals surface area contributed by atoms with E-state index in [0.29, 0.717) is 17.6 Å². The number of benzene rings is 1. The van der Waals surface area contributed by atoms with Crippen LogP contribution >= 0.6 is 0 Å². The summed E-state index contributed by atoms with van der Waals surface area (Å²) >= 11 is 0. The Morgan fingerprint density at radius 2 is 2.17 bits per heavy atom. The van der Waals surface area contributed by atoms with Crippen molar-refractivity contribution in [1.29, 1.82) is 0 Å². The van der Waals surface area contributed by atoms with Crippen LogP contribution in [0.2, 0.25) is 0 Å². The molecule has 0 unspecified atom stereocenters. The first-order valence-corrected chi connectivity index (χ1v) is 5.80. The highest BCUT2D eigenvalue weighted by molar-refractivity contribution is 5.75. The van der Waals surface area contributed by atoms with Crippen LogP contribution in [0.5, 0.6) is 0 Å². The van der Waals surface area contributed by atoms with Gasteiger partial charge in [-0.1, -0.05) is 17.0 Å². The van der Waals surface area contributed by atoms with Gasteiger partial charge in [0.25, 0.3) is 0 Å². The minimum atomic E-state index is -0.397. The summed E-state index contributed by atoms with van der Waals surface area (Å²) in [7, 11) is 0. The second-order valence-corrected chi connectivity index (χ2v) is 4.08. The van der Waals surface area contributed by atoms with E-state index >= 15 is 0 Å². The Labute approximate surface area is 104 Å². The lowest BCUT2D eigenvalue weighted by Crippen LogP contribution is -2.22. The molecule has 0 aliphatic carbocycles. The predicted octanol–water partition coefficient (Wildman–Crippen LogP) is 1.20. The molecule has 0 spiro atoms. The third kappa shape index (κ3) is 3.04. The van der Waals surface area contributed by atoms with Crippen molar-refractivity contribution in [3.63, 3.8) is 0 Å². The van der Waals surface area contributed by atoms with Gasteiger partial charge in [-0.3, -0.25) is 0 Å². The average Bonchev–Trinajstić information content (AvgIpc) is 2.72. The molecule has 1 aromatic carbocycles. The number of fused-ring (bicyclic) bond motifs is 1. The molecule has 6 heteroatoms. The smallest absolute Gasteiger partial charge is 0.337 e. The van der Waals surface area contributed by atoms with Crippen LogP contribution in [0.15, 0.2) is 24.3 Å². The number of carbonyl (C=O) groups is 1. The Morgan fingerprint density at radius 1 is 1.39 bits per heavy atom. The lowest BCUT2D eigenvalue weighted by molar-refractivity contribution is -0.146. The van der Waals surface area contributed by atoms with E-state index in [2.05, 4.69) is 10.3 Å². The summed E-state index contributed by atoms with van der Waals surface area (Å²) in [4.78, 5) is 17.8. The van der Waals surface area contributed by atoms with Gasteiger partial charge in [-0.25, -0.2) is 4.79 Å². The molecule has 2 aromatic rings. The van der Waals surface area contributed by atoms with Gasteiger partial charge in [-0.05, 0) is 31.2 Å². The molecule has 6 nitrogen and oxygen atoms in total. The van der Waals surface area contributed by atoms with E-state index in [0.717, 1.165) is 4.85 Å². The van der Waals surface area contributed by atoms with Gasteiger partial charge in [0.05, 0.1) is 19.1 Å². The van der Waals surface area contributed by atoms with Gasteiger partial charge in [0.15, 0.2) is 0 Å². The number of nitrogens with zero attached hydrogens (tertiary/aromatic N) is 3. The molecule has 0 aliphatic rings. The fraction of sp³-hybridized carbons (Fsp3) is 0.417. The zero-order valence-corrected chi connectivity index (χ0v) is 10.4. The first-order chi connectivity index (χ1) is 8.66. The van der Waals surface area contributed by atoms with E-state index in [-0.39, 0.29) is 12.5 Å². The maximum Gasteiger partial charge on any atom is 0.337 e. The summed E-state index contributed by atoms with van der Waals surface area (Å²) < 4.78 is 5.27. The minimum Gasteiger partial charge on any atom is -0.378 e. The third-order valence-corrected chi connectivity index (χ3v) is 2.27. The standard InChI is InChI=1S/C12H15N3O3/c1-9(2)17-8-7-12(16)18-15-11-6-4-3-5-10(11)13-14-15/h3-6,9H,7-8H2,1-2H3. The molecular formula is C12H15N3O3. The van der Waals surface area contributed by atoms with Crippen LogP contribution in [-0.4, -0.2) is 33.8 Å². The van der Waals surface area contributed by atoms with Crippen molar-refractivity contribution in [2.45, 2.75) is 26.4 Å². The van der Waals surface area contributed by atoms with Crippen LogP contribution in [0, 0.1) is 0 Å². The number of para-hydroxylation sites is 1. The average molecular weight is 249 g/mol. The van der Waals surface area contributed by atoms with Crippen LogP contribution in [-0.2, 0) is 9.53 Å². The molecule has 0 N–H and O–H groups in total. The molecular weight excluding hydrogens is 234 g/mol. The highest BCUT2D eigenvalue weighted by Gasteiger charge is 2.09. The van der Waals surface area contributed by atoms with Crippen molar-refractivity contribution >= 4 is 17.0 Å². The Kier molecular flexibility index (Phi) is 3.88. The molecule has 0 amide bonds. The number of hydrogen-bond donors (Lipinski definition) is 0. The van der Waals surface area contributed by atoms with E-state index < -0.39 is 5.97 Å². The van der Waals surface area contributed by atoms with Crippen LogP contribution in [0.4, 0.5) is 0 Å². The SMILES string of the molecule is CC(C)OCCC(=O)On1nnc2ccccc21. The summed E-state index contributed by atoms with van der Waals surface area (Å²) in [5, 5.41) is 7.65. The Bertz CT molecular complexity index is 536. The molecule has 0 bridgehead atoms. The molecule has 1 heterocycles. The van der Waals surface area contributed by atoms with Crippen molar-refractivity contribution in [2.24, 2.45) is 0 Å². The monoisotopic (exact) mass is 249 g/mol. The largest absolute Gasteiger partial charge is 0.378 e. The summed E-state index contributed by atoms with van der Waals surface area (Å²) in [6, 6.07) is 7.26. The van der Waals surface area contributed by atoms with Gasteiger partial charge >= 0.3 is 5.97 Å². The fourth-order valence-corrected chi connectivity index (χ4v) is 1.43. The normalized spacial score (nSPS) is 11.1. The summed E-state index contributed by atoms with van der Waals surface area (Å²) in [5.41, 5.74) is 1.35. The topological polar surface area (TPSA) is 66.2 Å². The number of aromatic nitrogens is 3. The lowest BCUT2D eigenvalue weighted by atomic mass is 10.3. The van der Waals surface area contributed by atoms with Gasteiger partial charge < -0.3 is 9.57 Å². The molecule has 2 rings (SSSR count). The number of hydrogen-bond acceptors (Lipinski definition) is 5. The van der Waals surface area contributed by atoms with E-state index in [4.69, 9.17) is 9.57 Å². The Morgan fingerprint density at radius 3 is 2.94 bits per heavy atom. The van der Waals surface area contributed by atoms with Crippen LogP contribution in [0.1, 0.15) is 20.3 Å². The third-order valence-electron chi connectivity index (χ3n) is 2.27. The highest BCUT2D eigenvalue weighted by Crippen LogP contribution is 2.08. The number of ether oxygens (including phenoxy) is 1. The van der Waals surface area contributed by atoms with E-state index in [1.165, 1.54) is 0 Å². The lowest BCUT2D eigenvalue weighted by Gasteiger charge is -2.06. The molecule has 1 aromatic heterocycles. The second kappa shape index (κ2) is 5.59. The number of rotatable bonds is 5. The second-order valence-electron chi connectivity index (χ2n) is 4.08. The minimum absolute atomic E-state index is 0.102. The van der Waals surface area contributed by atoms with Crippen molar-refractivity contribution < 1.29 is 14.4 Å². The van der Waals surface area contributed by atoms with Crippen molar-refractivity contribution in [3.05, 3.63) is 24.3 Å². The van der Waals surface area contributed by atoms with Gasteiger partial charge in [-0.2, -0.15) is 0 Å². The molecule has 0 aliphatic heterocycles. The van der Waals surface area contributed by atoms with Crippen molar-refractivity contribution in [3.8, 4) is 0 Å². The molecule has 0 saturated carbocycles. The zero-order chi connectivity index (χ0) is 13.0. The molecule has 18 heavy (non-hydrogen) atoms. The highest BCUT2D eigenvalue weighted by atomic mass is 16.7. The van der Waals surface area contributed by atoms with Gasteiger partial charge in [0.1, 0.15) is 11.0 Å². The Balaban J connectivity index is 1.95. The molecule has 0 radical (unpaired) electrons. The van der Waals surface area contributed by atoms with Crippen molar-refractivity contribution in [1.82, 2.24) is 15.2 Å². The first-order valence-electron chi connectivity index (χ1n) is 5.80. The summed E-state index contributed by atoms with van der Waals surface area (Å²) in [5.74, 6) is -0.397. The van der Waals surface area contributed by atoms with Crippen LogP contribution in [0.3, 0.4) is 0 Å². The van der Waals surface area contributed by atoms with E-state index in [1.54, 1.807) is 12.1 Å². The molecule has 0 saturated heterocycles. The zero-order valence-electron chi connectivity index (χ0n) is 10.4. The fourth-order valence-electron chi connectivity index (χ4n) is 1.43.